The summed E-state index contributed by atoms with van der Waals surface area (Å²) in [5, 5.41) is 5.49. The largest absolute Gasteiger partial charge is 0.383 e. The summed E-state index contributed by atoms with van der Waals surface area (Å²) in [7, 11) is 0. The fourth-order valence-electron chi connectivity index (χ4n) is 1.33. The van der Waals surface area contributed by atoms with Crippen LogP contribution >= 0.6 is 17.0 Å². The zero-order chi connectivity index (χ0) is 7.68. The predicted molar refractivity (Wildman–Crippen MR) is 49.7 cm³/mol. The minimum Gasteiger partial charge on any atom is -0.383 e. The molecule has 1 aromatic heterocycles. The van der Waals surface area contributed by atoms with Gasteiger partial charge in [-0.2, -0.15) is 5.16 Å². The van der Waals surface area contributed by atoms with Gasteiger partial charge in [-0.05, 0) is 13.0 Å². The number of hydrogen-bond donors (Lipinski definition) is 2. The molecule has 0 atom stereocenters. The van der Waals surface area contributed by atoms with E-state index in [1.165, 1.54) is 0 Å². The Kier molecular flexibility index (Phi) is 3.11. The lowest BCUT2D eigenvalue weighted by Gasteiger charge is -1.92. The molecule has 2 heterocycles. The highest BCUT2D eigenvalue weighted by molar-refractivity contribution is 8.93. The molecule has 0 saturated heterocycles. The smallest absolute Gasteiger partial charge is 0.284 e. The molecule has 4 nitrogen and oxygen atoms in total. The van der Waals surface area contributed by atoms with Crippen LogP contribution in [0.4, 0.5) is 0 Å². The van der Waals surface area contributed by atoms with Gasteiger partial charge in [-0.3, -0.25) is 4.79 Å². The van der Waals surface area contributed by atoms with Crippen molar-refractivity contribution in [3.8, 4) is 0 Å². The van der Waals surface area contributed by atoms with Crippen LogP contribution < -0.4 is 10.9 Å². The summed E-state index contributed by atoms with van der Waals surface area (Å²) in [4.78, 5) is 11.0. The maximum absolute atomic E-state index is 11.0. The second-order valence-electron chi connectivity index (χ2n) is 2.72. The topological polar surface area (TPSA) is 58.0 Å². The van der Waals surface area contributed by atoms with Crippen molar-refractivity contribution in [3.05, 3.63) is 21.7 Å². The molecule has 2 rings (SSSR count). The zero-order valence-electron chi connectivity index (χ0n) is 6.55. The van der Waals surface area contributed by atoms with Gasteiger partial charge < -0.3 is 9.84 Å². The highest BCUT2D eigenvalue weighted by atomic mass is 79.9. The minimum absolute atomic E-state index is 0. The summed E-state index contributed by atoms with van der Waals surface area (Å²) in [6.07, 6.45) is 1.90. The van der Waals surface area contributed by atoms with Crippen molar-refractivity contribution in [1.29, 1.82) is 0 Å². The van der Waals surface area contributed by atoms with Crippen LogP contribution in [0.15, 0.2) is 9.32 Å². The molecule has 0 bridgehead atoms. The molecule has 0 aromatic carbocycles. The van der Waals surface area contributed by atoms with E-state index in [1.54, 1.807) is 0 Å². The van der Waals surface area contributed by atoms with Gasteiger partial charge in [-0.1, -0.05) is 0 Å². The minimum atomic E-state index is -0.0885. The van der Waals surface area contributed by atoms with Crippen molar-refractivity contribution < 1.29 is 4.52 Å². The number of aromatic nitrogens is 1. The first-order valence-electron chi connectivity index (χ1n) is 3.78. The lowest BCUT2D eigenvalue weighted by Crippen LogP contribution is -2.17. The third-order valence-corrected chi connectivity index (χ3v) is 1.94. The van der Waals surface area contributed by atoms with Crippen LogP contribution in [0.5, 0.6) is 0 Å². The van der Waals surface area contributed by atoms with E-state index in [9.17, 15) is 4.79 Å². The van der Waals surface area contributed by atoms with Crippen molar-refractivity contribution >= 4 is 17.0 Å². The van der Waals surface area contributed by atoms with Gasteiger partial charge in [0.15, 0.2) is 0 Å². The Morgan fingerprint density at radius 2 is 2.25 bits per heavy atom. The summed E-state index contributed by atoms with van der Waals surface area (Å²) in [5.41, 5.74) is 0.678. The van der Waals surface area contributed by atoms with Crippen molar-refractivity contribution in [1.82, 2.24) is 10.5 Å². The quantitative estimate of drug-likeness (QED) is 0.691. The summed E-state index contributed by atoms with van der Waals surface area (Å²) in [5.74, 6) is 0.819. The number of halogens is 1. The molecule has 1 aliphatic rings. The Hall–Kier alpha value is -0.550. The average molecular weight is 235 g/mol. The zero-order valence-corrected chi connectivity index (χ0v) is 8.27. The Balaban J connectivity index is 0.000000720. The first kappa shape index (κ1) is 9.54. The molecule has 0 fully saturated rings. The van der Waals surface area contributed by atoms with E-state index in [0.717, 1.165) is 30.7 Å². The first-order valence-corrected chi connectivity index (χ1v) is 3.78. The number of aromatic amines is 1. The molecule has 12 heavy (non-hydrogen) atoms. The fourth-order valence-corrected chi connectivity index (χ4v) is 1.33. The normalized spacial score (nSPS) is 16.0. The lowest BCUT2D eigenvalue weighted by atomic mass is 10.2. The molecule has 5 heteroatoms. The molecule has 2 N–H and O–H groups in total. The third-order valence-electron chi connectivity index (χ3n) is 1.94. The molecule has 0 radical (unpaired) electrons. The van der Waals surface area contributed by atoms with E-state index in [1.807, 2.05) is 0 Å². The van der Waals surface area contributed by atoms with Crippen molar-refractivity contribution in [2.24, 2.45) is 0 Å². The van der Waals surface area contributed by atoms with Gasteiger partial charge in [0.1, 0.15) is 5.76 Å². The number of rotatable bonds is 0. The lowest BCUT2D eigenvalue weighted by molar-refractivity contribution is 0.377. The molecular formula is C7H11BrN2O2. The molecule has 0 saturated carbocycles. The monoisotopic (exact) mass is 234 g/mol. The fraction of sp³-hybridized carbons (Fsp3) is 0.571. The molecular weight excluding hydrogens is 224 g/mol. The van der Waals surface area contributed by atoms with Gasteiger partial charge in [0.05, 0.1) is 5.56 Å². The summed E-state index contributed by atoms with van der Waals surface area (Å²) < 4.78 is 4.99. The Labute approximate surface area is 80.1 Å². The molecule has 68 valence electrons. The van der Waals surface area contributed by atoms with Crippen molar-refractivity contribution in [3.63, 3.8) is 0 Å². The number of H-pyrrole nitrogens is 1. The van der Waals surface area contributed by atoms with Crippen molar-refractivity contribution in [2.75, 3.05) is 6.54 Å². The number of aryl methyl sites for hydroxylation is 1. The molecule has 1 aromatic rings. The standard InChI is InChI=1S/C7H10N2O2.BrH/c10-7-5-4-8-3-1-2-6(5)11-9-7;/h8H,1-4H2,(H,9,10);1H. The number of hydrogen-bond acceptors (Lipinski definition) is 3. The van der Waals surface area contributed by atoms with Gasteiger partial charge >= 0.3 is 0 Å². The van der Waals surface area contributed by atoms with E-state index in [4.69, 9.17) is 4.52 Å². The van der Waals surface area contributed by atoms with E-state index >= 15 is 0 Å². The van der Waals surface area contributed by atoms with Gasteiger partial charge in [0, 0.05) is 13.0 Å². The Morgan fingerprint density at radius 1 is 1.42 bits per heavy atom. The van der Waals surface area contributed by atoms with Crippen molar-refractivity contribution in [2.45, 2.75) is 19.4 Å². The number of nitrogens with one attached hydrogen (secondary N) is 2. The van der Waals surface area contributed by atoms with E-state index in [-0.39, 0.29) is 22.5 Å². The van der Waals surface area contributed by atoms with Crippen LogP contribution in [0.2, 0.25) is 0 Å². The van der Waals surface area contributed by atoms with Gasteiger partial charge in [0.25, 0.3) is 5.56 Å². The third kappa shape index (κ3) is 1.61. The Bertz CT molecular complexity index is 305. The molecule has 0 aliphatic carbocycles. The maximum Gasteiger partial charge on any atom is 0.284 e. The second kappa shape index (κ2) is 3.91. The summed E-state index contributed by atoms with van der Waals surface area (Å²) in [6, 6.07) is 0. The van der Waals surface area contributed by atoms with Crippen LogP contribution in [0, 0.1) is 0 Å². The molecule has 0 amide bonds. The predicted octanol–water partition coefficient (Wildman–Crippen LogP) is 0.582. The van der Waals surface area contributed by atoms with E-state index < -0.39 is 0 Å². The molecule has 1 aliphatic heterocycles. The van der Waals surface area contributed by atoms with Crippen LogP contribution in [-0.4, -0.2) is 11.7 Å². The van der Waals surface area contributed by atoms with Crippen LogP contribution in [0.1, 0.15) is 17.7 Å². The average Bonchev–Trinajstić information content (AvgIpc) is 2.25. The second-order valence-corrected chi connectivity index (χ2v) is 2.72. The highest BCUT2D eigenvalue weighted by Gasteiger charge is 2.14. The first-order chi connectivity index (χ1) is 5.38. The molecule has 0 spiro atoms. The van der Waals surface area contributed by atoms with Gasteiger partial charge in [0.2, 0.25) is 0 Å². The van der Waals surface area contributed by atoms with Gasteiger partial charge in [-0.25, -0.2) is 0 Å². The Morgan fingerprint density at radius 3 is 3.08 bits per heavy atom. The van der Waals surface area contributed by atoms with Crippen LogP contribution in [0.25, 0.3) is 0 Å². The maximum atomic E-state index is 11.0. The summed E-state index contributed by atoms with van der Waals surface area (Å²) >= 11 is 0. The van der Waals surface area contributed by atoms with E-state index in [2.05, 4.69) is 10.5 Å². The van der Waals surface area contributed by atoms with E-state index in [0.29, 0.717) is 6.54 Å². The highest BCUT2D eigenvalue weighted by Crippen LogP contribution is 2.08. The SMILES string of the molecule is Br.O=c1[nH]oc2c1CNCCC2. The summed E-state index contributed by atoms with van der Waals surface area (Å²) in [6.45, 7) is 1.60. The van der Waals surface area contributed by atoms with Crippen LogP contribution in [-0.2, 0) is 13.0 Å². The van der Waals surface area contributed by atoms with Gasteiger partial charge in [-0.15, -0.1) is 17.0 Å². The van der Waals surface area contributed by atoms with Crippen LogP contribution in [0.3, 0.4) is 0 Å². The molecule has 0 unspecified atom stereocenters. The number of fused-ring (bicyclic) bond motifs is 1.